The van der Waals surface area contributed by atoms with Gasteiger partial charge in [-0.15, -0.1) is 11.6 Å². The zero-order chi connectivity index (χ0) is 13.5. The molecule has 0 radical (unpaired) electrons. The van der Waals surface area contributed by atoms with E-state index in [-0.39, 0.29) is 0 Å². The van der Waals surface area contributed by atoms with Gasteiger partial charge < -0.3 is 4.74 Å². The Bertz CT molecular complexity index is 594. The van der Waals surface area contributed by atoms with Crippen LogP contribution < -0.4 is 4.74 Å². The molecule has 0 saturated carbocycles. The van der Waals surface area contributed by atoms with E-state index in [1.165, 1.54) is 0 Å². The minimum Gasteiger partial charge on any atom is -0.488 e. The highest BCUT2D eigenvalue weighted by molar-refractivity contribution is 6.19. The lowest BCUT2D eigenvalue weighted by molar-refractivity contribution is 0.305. The van der Waals surface area contributed by atoms with Crippen molar-refractivity contribution in [3.63, 3.8) is 0 Å². The first-order valence-electron chi connectivity index (χ1n) is 6.12. The lowest BCUT2D eigenvalue weighted by atomic mass is 10.1. The molecule has 0 N–H and O–H groups in total. The van der Waals surface area contributed by atoms with Gasteiger partial charge >= 0.3 is 0 Å². The Morgan fingerprint density at radius 3 is 2.63 bits per heavy atom. The van der Waals surface area contributed by atoms with Crippen LogP contribution in [-0.4, -0.2) is 5.88 Å². The summed E-state index contributed by atoms with van der Waals surface area (Å²) in [5.74, 6) is 7.02. The molecule has 0 amide bonds. The number of halogens is 1. The van der Waals surface area contributed by atoms with E-state index in [2.05, 4.69) is 11.8 Å². The average molecular weight is 271 g/mol. The van der Waals surface area contributed by atoms with Crippen LogP contribution in [0.5, 0.6) is 5.75 Å². The number of ether oxygens (including phenoxy) is 1. The van der Waals surface area contributed by atoms with E-state index in [0.717, 1.165) is 22.4 Å². The molecule has 2 aromatic carbocycles. The van der Waals surface area contributed by atoms with Crippen LogP contribution >= 0.6 is 11.6 Å². The number of rotatable bonds is 3. The molecule has 0 atom stereocenters. The number of benzene rings is 2. The molecule has 2 rings (SSSR count). The Labute approximate surface area is 119 Å². The number of aryl methyl sites for hydroxylation is 1. The molecule has 2 aromatic rings. The Kier molecular flexibility index (Phi) is 4.89. The summed E-state index contributed by atoms with van der Waals surface area (Å²) < 4.78 is 5.83. The molecule has 0 saturated heterocycles. The zero-order valence-electron chi connectivity index (χ0n) is 10.8. The van der Waals surface area contributed by atoms with Gasteiger partial charge in [-0.25, -0.2) is 0 Å². The normalized spacial score (nSPS) is 9.58. The van der Waals surface area contributed by atoms with Gasteiger partial charge in [-0.2, -0.15) is 0 Å². The van der Waals surface area contributed by atoms with E-state index < -0.39 is 0 Å². The molecule has 0 aliphatic rings. The second-order valence-electron chi connectivity index (χ2n) is 4.21. The highest BCUT2D eigenvalue weighted by atomic mass is 35.5. The first kappa shape index (κ1) is 13.5. The predicted octanol–water partition coefficient (Wildman–Crippen LogP) is 4.16. The molecule has 19 heavy (non-hydrogen) atoms. The van der Waals surface area contributed by atoms with Crippen molar-refractivity contribution in [3.8, 4) is 17.6 Å². The van der Waals surface area contributed by atoms with Crippen molar-refractivity contribution >= 4 is 11.6 Å². The predicted molar refractivity (Wildman–Crippen MR) is 79.6 cm³/mol. The van der Waals surface area contributed by atoms with Crippen molar-refractivity contribution in [2.24, 2.45) is 0 Å². The van der Waals surface area contributed by atoms with E-state index in [9.17, 15) is 0 Å². The summed E-state index contributed by atoms with van der Waals surface area (Å²) >= 11 is 5.60. The highest BCUT2D eigenvalue weighted by Crippen LogP contribution is 2.20. The van der Waals surface area contributed by atoms with Crippen LogP contribution in [0, 0.1) is 18.8 Å². The summed E-state index contributed by atoms with van der Waals surface area (Å²) in [5, 5.41) is 0. The summed E-state index contributed by atoms with van der Waals surface area (Å²) in [6.45, 7) is 2.58. The lowest BCUT2D eigenvalue weighted by Crippen LogP contribution is -1.97. The third-order valence-corrected chi connectivity index (χ3v) is 2.80. The SMILES string of the molecule is Cc1ccc(OCc2ccccc2)c(C#CCCl)c1. The van der Waals surface area contributed by atoms with Crippen LogP contribution in [0.2, 0.25) is 0 Å². The number of hydrogen-bond acceptors (Lipinski definition) is 1. The van der Waals surface area contributed by atoms with Crippen molar-refractivity contribution in [2.75, 3.05) is 5.88 Å². The summed E-state index contributed by atoms with van der Waals surface area (Å²) in [5.41, 5.74) is 3.18. The second kappa shape index (κ2) is 6.87. The Morgan fingerprint density at radius 1 is 1.11 bits per heavy atom. The molecule has 96 valence electrons. The number of hydrogen-bond donors (Lipinski definition) is 0. The smallest absolute Gasteiger partial charge is 0.135 e. The minimum absolute atomic E-state index is 0.325. The molecule has 0 aliphatic heterocycles. The lowest BCUT2D eigenvalue weighted by Gasteiger charge is -2.09. The third kappa shape index (κ3) is 4.05. The van der Waals surface area contributed by atoms with Crippen LogP contribution in [0.3, 0.4) is 0 Å². The summed E-state index contributed by atoms with van der Waals surface area (Å²) in [6.07, 6.45) is 0. The van der Waals surface area contributed by atoms with Gasteiger partial charge in [0.05, 0.1) is 11.4 Å². The Hall–Kier alpha value is -1.91. The maximum atomic E-state index is 5.83. The molecule has 0 bridgehead atoms. The molecule has 0 aromatic heterocycles. The molecule has 0 aliphatic carbocycles. The van der Waals surface area contributed by atoms with Crippen molar-refractivity contribution in [3.05, 3.63) is 65.2 Å². The molecule has 1 nitrogen and oxygen atoms in total. The van der Waals surface area contributed by atoms with Crippen LogP contribution in [0.25, 0.3) is 0 Å². The maximum absolute atomic E-state index is 5.83. The van der Waals surface area contributed by atoms with Gasteiger partial charge in [0.15, 0.2) is 0 Å². The molecule has 0 heterocycles. The summed E-state index contributed by atoms with van der Waals surface area (Å²) in [6, 6.07) is 16.1. The quantitative estimate of drug-likeness (QED) is 0.601. The second-order valence-corrected chi connectivity index (χ2v) is 4.48. The summed E-state index contributed by atoms with van der Waals surface area (Å²) in [4.78, 5) is 0. The van der Waals surface area contributed by atoms with Gasteiger partial charge in [-0.3, -0.25) is 0 Å². The average Bonchev–Trinajstić information content (AvgIpc) is 2.45. The topological polar surface area (TPSA) is 9.23 Å². The van der Waals surface area contributed by atoms with Crippen LogP contribution in [0.4, 0.5) is 0 Å². The molecule has 0 unspecified atom stereocenters. The molecule has 2 heteroatoms. The van der Waals surface area contributed by atoms with Gasteiger partial charge in [0.2, 0.25) is 0 Å². The fraction of sp³-hybridized carbons (Fsp3) is 0.176. The fourth-order valence-corrected chi connectivity index (χ4v) is 1.80. The monoisotopic (exact) mass is 270 g/mol. The van der Waals surface area contributed by atoms with Crippen molar-refractivity contribution in [2.45, 2.75) is 13.5 Å². The first-order chi connectivity index (χ1) is 9.29. The van der Waals surface area contributed by atoms with E-state index >= 15 is 0 Å². The molecular formula is C17H15ClO. The van der Waals surface area contributed by atoms with Gasteiger partial charge in [-0.1, -0.05) is 48.2 Å². The van der Waals surface area contributed by atoms with Gasteiger partial charge in [0.1, 0.15) is 12.4 Å². The Morgan fingerprint density at radius 2 is 1.89 bits per heavy atom. The largest absolute Gasteiger partial charge is 0.488 e. The van der Waals surface area contributed by atoms with Gasteiger partial charge in [-0.05, 0) is 30.2 Å². The summed E-state index contributed by atoms with van der Waals surface area (Å²) in [7, 11) is 0. The van der Waals surface area contributed by atoms with Crippen LogP contribution in [0.1, 0.15) is 16.7 Å². The van der Waals surface area contributed by atoms with Crippen molar-refractivity contribution in [1.29, 1.82) is 0 Å². The van der Waals surface area contributed by atoms with Crippen LogP contribution in [0.15, 0.2) is 48.5 Å². The number of alkyl halides is 1. The molecular weight excluding hydrogens is 256 g/mol. The van der Waals surface area contributed by atoms with E-state index in [4.69, 9.17) is 16.3 Å². The Balaban J connectivity index is 2.15. The van der Waals surface area contributed by atoms with Crippen molar-refractivity contribution < 1.29 is 4.74 Å². The third-order valence-electron chi connectivity index (χ3n) is 2.66. The van der Waals surface area contributed by atoms with E-state index in [0.29, 0.717) is 12.5 Å². The van der Waals surface area contributed by atoms with Gasteiger partial charge in [0.25, 0.3) is 0 Å². The highest BCUT2D eigenvalue weighted by Gasteiger charge is 2.02. The maximum Gasteiger partial charge on any atom is 0.135 e. The molecule has 0 fully saturated rings. The van der Waals surface area contributed by atoms with E-state index in [1.807, 2.05) is 55.5 Å². The van der Waals surface area contributed by atoms with Crippen LogP contribution in [-0.2, 0) is 6.61 Å². The standard InChI is InChI=1S/C17H15ClO/c1-14-9-10-17(16(12-14)8-5-11-18)19-13-15-6-3-2-4-7-15/h2-4,6-7,9-10,12H,11,13H2,1H3. The van der Waals surface area contributed by atoms with Crippen molar-refractivity contribution in [1.82, 2.24) is 0 Å². The molecule has 0 spiro atoms. The zero-order valence-corrected chi connectivity index (χ0v) is 11.6. The van der Waals surface area contributed by atoms with Gasteiger partial charge in [0, 0.05) is 0 Å². The van der Waals surface area contributed by atoms with E-state index in [1.54, 1.807) is 0 Å². The fourth-order valence-electron chi connectivity index (χ4n) is 1.73. The minimum atomic E-state index is 0.325. The first-order valence-corrected chi connectivity index (χ1v) is 6.65.